The summed E-state index contributed by atoms with van der Waals surface area (Å²) in [6.07, 6.45) is 1.15. The molecule has 3 aromatic rings. The molecule has 0 atom stereocenters. The van der Waals surface area contributed by atoms with E-state index in [1.807, 2.05) is 32.0 Å². The number of aryl methyl sites for hydroxylation is 2. The van der Waals surface area contributed by atoms with Gasteiger partial charge in [-0.25, -0.2) is 8.42 Å². The van der Waals surface area contributed by atoms with Gasteiger partial charge in [-0.05, 0) is 79.1 Å². The predicted octanol–water partition coefficient (Wildman–Crippen LogP) is 4.73. The molecule has 174 valence electrons. The molecule has 1 amide bonds. The van der Waals surface area contributed by atoms with Gasteiger partial charge in [-0.2, -0.15) is 0 Å². The highest BCUT2D eigenvalue weighted by Gasteiger charge is 2.18. The molecule has 3 aromatic carbocycles. The predicted molar refractivity (Wildman–Crippen MR) is 133 cm³/mol. The number of sulfonamides is 1. The van der Waals surface area contributed by atoms with Crippen LogP contribution in [0.3, 0.4) is 0 Å². The average Bonchev–Trinajstić information content (AvgIpc) is 2.78. The second kappa shape index (κ2) is 10.7. The van der Waals surface area contributed by atoms with E-state index in [0.29, 0.717) is 29.4 Å². The SMILES string of the molecule is Cc1ccc(OCCNC(=O)c2ccc(N(Cc3ccc(Cl)cc3)S(C)(=O)=O)cc2)cc1C. The largest absolute Gasteiger partial charge is 0.492 e. The molecule has 0 radical (unpaired) electrons. The molecule has 0 saturated heterocycles. The summed E-state index contributed by atoms with van der Waals surface area (Å²) in [6.45, 7) is 4.91. The Morgan fingerprint density at radius 1 is 0.970 bits per heavy atom. The number of ether oxygens (including phenoxy) is 1. The van der Waals surface area contributed by atoms with Crippen molar-refractivity contribution in [2.24, 2.45) is 0 Å². The van der Waals surface area contributed by atoms with Crippen molar-refractivity contribution in [2.75, 3.05) is 23.7 Å². The Bertz CT molecular complexity index is 1210. The summed E-state index contributed by atoms with van der Waals surface area (Å²) >= 11 is 5.91. The summed E-state index contributed by atoms with van der Waals surface area (Å²) < 4.78 is 31.7. The molecule has 0 bridgehead atoms. The van der Waals surface area contributed by atoms with Crippen molar-refractivity contribution in [3.63, 3.8) is 0 Å². The second-order valence-corrected chi connectivity index (χ2v) is 10.1. The van der Waals surface area contributed by atoms with E-state index >= 15 is 0 Å². The van der Waals surface area contributed by atoms with Crippen LogP contribution in [0.15, 0.2) is 66.7 Å². The molecule has 0 aromatic heterocycles. The maximum absolute atomic E-state index is 12.4. The van der Waals surface area contributed by atoms with Crippen LogP contribution in [0.1, 0.15) is 27.0 Å². The molecule has 33 heavy (non-hydrogen) atoms. The summed E-state index contributed by atoms with van der Waals surface area (Å²) in [5, 5.41) is 3.39. The van der Waals surface area contributed by atoms with Crippen molar-refractivity contribution in [3.8, 4) is 5.75 Å². The molecule has 0 heterocycles. The van der Waals surface area contributed by atoms with Gasteiger partial charge in [0.1, 0.15) is 12.4 Å². The summed E-state index contributed by atoms with van der Waals surface area (Å²) in [5.74, 6) is 0.507. The molecule has 0 unspecified atom stereocenters. The van der Waals surface area contributed by atoms with Gasteiger partial charge >= 0.3 is 0 Å². The van der Waals surface area contributed by atoms with Crippen LogP contribution in [0.4, 0.5) is 5.69 Å². The van der Waals surface area contributed by atoms with E-state index in [-0.39, 0.29) is 12.5 Å². The molecular formula is C25H27ClN2O4S. The van der Waals surface area contributed by atoms with E-state index in [1.54, 1.807) is 48.5 Å². The van der Waals surface area contributed by atoms with Gasteiger partial charge in [-0.1, -0.05) is 29.8 Å². The Morgan fingerprint density at radius 3 is 2.24 bits per heavy atom. The maximum Gasteiger partial charge on any atom is 0.251 e. The Hall–Kier alpha value is -3.03. The van der Waals surface area contributed by atoms with Gasteiger partial charge in [0.2, 0.25) is 10.0 Å². The molecule has 0 aliphatic rings. The van der Waals surface area contributed by atoms with Gasteiger partial charge in [-0.15, -0.1) is 0 Å². The second-order valence-electron chi connectivity index (χ2n) is 7.79. The minimum Gasteiger partial charge on any atom is -0.492 e. The molecule has 0 spiro atoms. The first-order chi connectivity index (χ1) is 15.6. The summed E-state index contributed by atoms with van der Waals surface area (Å²) in [7, 11) is -3.53. The third-order valence-electron chi connectivity index (χ3n) is 5.19. The lowest BCUT2D eigenvalue weighted by Gasteiger charge is -2.23. The van der Waals surface area contributed by atoms with Gasteiger partial charge in [0.25, 0.3) is 5.91 Å². The number of nitrogens with zero attached hydrogens (tertiary/aromatic N) is 1. The van der Waals surface area contributed by atoms with Crippen LogP contribution in [0.2, 0.25) is 5.02 Å². The Morgan fingerprint density at radius 2 is 1.64 bits per heavy atom. The molecule has 6 nitrogen and oxygen atoms in total. The Labute approximate surface area is 200 Å². The number of benzene rings is 3. The fourth-order valence-corrected chi connectivity index (χ4v) is 4.19. The minimum atomic E-state index is -3.53. The smallest absolute Gasteiger partial charge is 0.251 e. The molecule has 0 fully saturated rings. The minimum absolute atomic E-state index is 0.164. The van der Waals surface area contributed by atoms with Crippen molar-refractivity contribution < 1.29 is 17.9 Å². The number of hydrogen-bond acceptors (Lipinski definition) is 4. The van der Waals surface area contributed by atoms with E-state index in [9.17, 15) is 13.2 Å². The van der Waals surface area contributed by atoms with Gasteiger partial charge in [0.15, 0.2) is 0 Å². The number of carbonyl (C=O) groups excluding carboxylic acids is 1. The molecule has 3 rings (SSSR count). The molecule has 0 aliphatic carbocycles. The fourth-order valence-electron chi connectivity index (χ4n) is 3.17. The van der Waals surface area contributed by atoms with Crippen LogP contribution in [0.25, 0.3) is 0 Å². The van der Waals surface area contributed by atoms with E-state index in [4.69, 9.17) is 16.3 Å². The van der Waals surface area contributed by atoms with Gasteiger partial charge in [0, 0.05) is 10.6 Å². The fraction of sp³-hybridized carbons (Fsp3) is 0.240. The summed E-state index contributed by atoms with van der Waals surface area (Å²) in [4.78, 5) is 12.4. The first kappa shape index (κ1) is 24.6. The third-order valence-corrected chi connectivity index (χ3v) is 6.58. The first-order valence-electron chi connectivity index (χ1n) is 10.4. The first-order valence-corrected chi connectivity index (χ1v) is 12.7. The van der Waals surface area contributed by atoms with Crippen LogP contribution >= 0.6 is 11.6 Å². The summed E-state index contributed by atoms with van der Waals surface area (Å²) in [5.41, 5.74) is 4.06. The van der Waals surface area contributed by atoms with Crippen molar-refractivity contribution >= 4 is 33.2 Å². The maximum atomic E-state index is 12.4. The number of halogens is 1. The van der Waals surface area contributed by atoms with Crippen molar-refractivity contribution in [2.45, 2.75) is 20.4 Å². The summed E-state index contributed by atoms with van der Waals surface area (Å²) in [6, 6.07) is 19.3. The van der Waals surface area contributed by atoms with E-state index in [2.05, 4.69) is 5.32 Å². The highest BCUT2D eigenvalue weighted by atomic mass is 35.5. The Kier molecular flexibility index (Phi) is 8.00. The molecule has 0 aliphatic heterocycles. The highest BCUT2D eigenvalue weighted by molar-refractivity contribution is 7.92. The number of anilines is 1. The molecule has 1 N–H and O–H groups in total. The average molecular weight is 487 g/mol. The van der Waals surface area contributed by atoms with Crippen LogP contribution in [-0.4, -0.2) is 33.7 Å². The van der Waals surface area contributed by atoms with Crippen LogP contribution in [0, 0.1) is 13.8 Å². The normalized spacial score (nSPS) is 11.2. The monoisotopic (exact) mass is 486 g/mol. The van der Waals surface area contributed by atoms with E-state index in [1.165, 1.54) is 9.87 Å². The number of nitrogens with one attached hydrogen (secondary N) is 1. The molecule has 8 heteroatoms. The lowest BCUT2D eigenvalue weighted by Crippen LogP contribution is -2.30. The van der Waals surface area contributed by atoms with Gasteiger partial charge < -0.3 is 10.1 Å². The quantitative estimate of drug-likeness (QED) is 0.443. The zero-order chi connectivity index (χ0) is 24.0. The number of carbonyl (C=O) groups is 1. The molecule has 0 saturated carbocycles. The Balaban J connectivity index is 1.59. The van der Waals surface area contributed by atoms with Crippen LogP contribution in [0.5, 0.6) is 5.75 Å². The topological polar surface area (TPSA) is 75.7 Å². The number of hydrogen-bond donors (Lipinski definition) is 1. The lowest BCUT2D eigenvalue weighted by molar-refractivity contribution is 0.0947. The number of rotatable bonds is 9. The lowest BCUT2D eigenvalue weighted by atomic mass is 10.1. The van der Waals surface area contributed by atoms with E-state index in [0.717, 1.165) is 23.1 Å². The zero-order valence-corrected chi connectivity index (χ0v) is 20.4. The van der Waals surface area contributed by atoms with E-state index < -0.39 is 10.0 Å². The van der Waals surface area contributed by atoms with Crippen molar-refractivity contribution in [1.82, 2.24) is 5.32 Å². The van der Waals surface area contributed by atoms with Crippen molar-refractivity contribution in [1.29, 1.82) is 0 Å². The molecular weight excluding hydrogens is 460 g/mol. The van der Waals surface area contributed by atoms with Crippen molar-refractivity contribution in [3.05, 3.63) is 94.0 Å². The van der Waals surface area contributed by atoms with Gasteiger partial charge in [0.05, 0.1) is 25.0 Å². The van der Waals surface area contributed by atoms with Crippen LogP contribution in [-0.2, 0) is 16.6 Å². The zero-order valence-electron chi connectivity index (χ0n) is 18.8. The van der Waals surface area contributed by atoms with Crippen LogP contribution < -0.4 is 14.4 Å². The highest BCUT2D eigenvalue weighted by Crippen LogP contribution is 2.22. The van der Waals surface area contributed by atoms with Gasteiger partial charge in [-0.3, -0.25) is 9.10 Å². The standard InChI is InChI=1S/C25H27ClN2O4S/c1-18-4-13-24(16-19(18)2)32-15-14-27-25(29)21-7-11-23(12-8-21)28(33(3,30)31)17-20-5-9-22(26)10-6-20/h4-13,16H,14-15,17H2,1-3H3,(H,27,29). The third kappa shape index (κ3) is 6.97. The number of amides is 1.